The number of rotatable bonds is 2. The molecule has 3 fully saturated rings. The standard InChI is InChI=1S/C17H20N4O/c18-9-13-2-3-15(10-19-13)20-8-7-16-12(11-20)1-6-17(22)21(16)14-4-5-14/h2-3,10,12,14,16H,1,4-8,11H2. The number of hydrogen-bond acceptors (Lipinski definition) is 4. The fourth-order valence-corrected chi connectivity index (χ4v) is 3.99. The molecular weight excluding hydrogens is 276 g/mol. The smallest absolute Gasteiger partial charge is 0.223 e. The van der Waals surface area contributed by atoms with Crippen LogP contribution in [-0.4, -0.2) is 41.0 Å². The predicted molar refractivity (Wildman–Crippen MR) is 82.2 cm³/mol. The summed E-state index contributed by atoms with van der Waals surface area (Å²) in [5, 5.41) is 8.84. The normalized spacial score (nSPS) is 28.2. The van der Waals surface area contributed by atoms with Gasteiger partial charge in [0.2, 0.25) is 5.91 Å². The molecule has 0 N–H and O–H groups in total. The lowest BCUT2D eigenvalue weighted by molar-refractivity contribution is -0.140. The first kappa shape index (κ1) is 13.6. The Morgan fingerprint density at radius 3 is 2.77 bits per heavy atom. The maximum Gasteiger partial charge on any atom is 0.223 e. The van der Waals surface area contributed by atoms with Crippen LogP contribution < -0.4 is 4.90 Å². The van der Waals surface area contributed by atoms with E-state index in [4.69, 9.17) is 5.26 Å². The number of likely N-dealkylation sites (tertiary alicyclic amines) is 1. The van der Waals surface area contributed by atoms with Crippen molar-refractivity contribution >= 4 is 11.6 Å². The van der Waals surface area contributed by atoms with Crippen LogP contribution in [-0.2, 0) is 4.79 Å². The Morgan fingerprint density at radius 1 is 1.23 bits per heavy atom. The summed E-state index contributed by atoms with van der Waals surface area (Å²) in [6.45, 7) is 1.96. The van der Waals surface area contributed by atoms with E-state index in [0.717, 1.165) is 31.6 Å². The van der Waals surface area contributed by atoms with Crippen molar-refractivity contribution in [3.63, 3.8) is 0 Å². The molecule has 5 heteroatoms. The predicted octanol–water partition coefficient (Wildman–Crippen LogP) is 1.93. The van der Waals surface area contributed by atoms with Crippen molar-refractivity contribution in [3.8, 4) is 6.07 Å². The van der Waals surface area contributed by atoms with Gasteiger partial charge in [0.25, 0.3) is 0 Å². The van der Waals surface area contributed by atoms with Gasteiger partial charge in [-0.05, 0) is 43.7 Å². The minimum atomic E-state index is 0.372. The van der Waals surface area contributed by atoms with Crippen LogP contribution in [0.1, 0.15) is 37.8 Å². The number of hydrogen-bond donors (Lipinski definition) is 0. The topological polar surface area (TPSA) is 60.2 Å². The molecule has 1 aliphatic carbocycles. The van der Waals surface area contributed by atoms with Crippen LogP contribution in [0.3, 0.4) is 0 Å². The number of pyridine rings is 1. The fourth-order valence-electron chi connectivity index (χ4n) is 3.99. The summed E-state index contributed by atoms with van der Waals surface area (Å²) in [7, 11) is 0. The van der Waals surface area contributed by atoms with Gasteiger partial charge in [-0.3, -0.25) is 4.79 Å². The van der Waals surface area contributed by atoms with Crippen molar-refractivity contribution in [1.82, 2.24) is 9.88 Å². The summed E-state index contributed by atoms with van der Waals surface area (Å²) in [5.41, 5.74) is 1.55. The van der Waals surface area contributed by atoms with Crippen molar-refractivity contribution in [2.45, 2.75) is 44.2 Å². The molecular formula is C17H20N4O. The van der Waals surface area contributed by atoms with Gasteiger partial charge in [0.05, 0.1) is 11.9 Å². The van der Waals surface area contributed by atoms with Crippen molar-refractivity contribution < 1.29 is 4.79 Å². The van der Waals surface area contributed by atoms with Crippen LogP contribution >= 0.6 is 0 Å². The molecule has 1 saturated carbocycles. The molecule has 0 aromatic carbocycles. The average Bonchev–Trinajstić information content (AvgIpc) is 3.39. The van der Waals surface area contributed by atoms with E-state index in [2.05, 4.69) is 20.9 Å². The lowest BCUT2D eigenvalue weighted by Gasteiger charge is -2.48. The Hall–Kier alpha value is -2.09. The van der Waals surface area contributed by atoms with Crippen molar-refractivity contribution in [1.29, 1.82) is 5.26 Å². The van der Waals surface area contributed by atoms with Gasteiger partial charge in [-0.25, -0.2) is 4.98 Å². The molecule has 2 aliphatic heterocycles. The monoisotopic (exact) mass is 296 g/mol. The largest absolute Gasteiger partial charge is 0.370 e. The molecule has 0 spiro atoms. The Kier molecular flexibility index (Phi) is 3.25. The highest BCUT2D eigenvalue weighted by Gasteiger charge is 2.45. The highest BCUT2D eigenvalue weighted by atomic mass is 16.2. The highest BCUT2D eigenvalue weighted by molar-refractivity contribution is 5.78. The summed E-state index contributed by atoms with van der Waals surface area (Å²) in [5.74, 6) is 0.944. The SMILES string of the molecule is N#Cc1ccc(N2CCC3C(CCC(=O)N3C3CC3)C2)cn1. The van der Waals surface area contributed by atoms with E-state index in [0.29, 0.717) is 36.0 Å². The highest BCUT2D eigenvalue weighted by Crippen LogP contribution is 2.39. The molecule has 5 nitrogen and oxygen atoms in total. The van der Waals surface area contributed by atoms with Gasteiger partial charge < -0.3 is 9.80 Å². The van der Waals surface area contributed by atoms with Crippen LogP contribution in [0.2, 0.25) is 0 Å². The van der Waals surface area contributed by atoms with Gasteiger partial charge in [-0.15, -0.1) is 0 Å². The summed E-state index contributed by atoms with van der Waals surface area (Å²) in [6.07, 6.45) is 6.94. The number of fused-ring (bicyclic) bond motifs is 1. The third kappa shape index (κ3) is 2.33. The van der Waals surface area contributed by atoms with Crippen molar-refractivity contribution in [2.75, 3.05) is 18.0 Å². The summed E-state index contributed by atoms with van der Waals surface area (Å²) in [6, 6.07) is 6.80. The van der Waals surface area contributed by atoms with Crippen LogP contribution in [0.5, 0.6) is 0 Å². The Bertz CT molecular complexity index is 617. The third-order valence-electron chi connectivity index (χ3n) is 5.24. The first-order valence-electron chi connectivity index (χ1n) is 8.18. The second-order valence-corrected chi connectivity index (χ2v) is 6.65. The van der Waals surface area contributed by atoms with Crippen LogP contribution in [0, 0.1) is 17.2 Å². The number of piperidine rings is 2. The summed E-state index contributed by atoms with van der Waals surface area (Å²) < 4.78 is 0. The minimum Gasteiger partial charge on any atom is -0.370 e. The maximum atomic E-state index is 12.2. The summed E-state index contributed by atoms with van der Waals surface area (Å²) >= 11 is 0. The zero-order valence-corrected chi connectivity index (χ0v) is 12.6. The molecule has 1 amide bonds. The third-order valence-corrected chi connectivity index (χ3v) is 5.24. The van der Waals surface area contributed by atoms with Crippen LogP contribution in [0.15, 0.2) is 18.3 Å². The number of aromatic nitrogens is 1. The van der Waals surface area contributed by atoms with Crippen LogP contribution in [0.4, 0.5) is 5.69 Å². The number of amides is 1. The molecule has 3 aliphatic rings. The number of carbonyl (C=O) groups excluding carboxylic acids is 1. The van der Waals surface area contributed by atoms with Crippen LogP contribution in [0.25, 0.3) is 0 Å². The second-order valence-electron chi connectivity index (χ2n) is 6.65. The Morgan fingerprint density at radius 2 is 2.09 bits per heavy atom. The van der Waals surface area contributed by atoms with E-state index in [1.165, 1.54) is 12.8 Å². The quantitative estimate of drug-likeness (QED) is 0.836. The molecule has 22 heavy (non-hydrogen) atoms. The molecule has 114 valence electrons. The van der Waals surface area contributed by atoms with Gasteiger partial charge in [0, 0.05) is 31.6 Å². The van der Waals surface area contributed by atoms with E-state index < -0.39 is 0 Å². The molecule has 3 heterocycles. The van der Waals surface area contributed by atoms with E-state index in [9.17, 15) is 4.79 Å². The Labute approximate surface area is 130 Å². The second kappa shape index (κ2) is 5.28. The van der Waals surface area contributed by atoms with E-state index >= 15 is 0 Å². The fraction of sp³-hybridized carbons (Fsp3) is 0.588. The average molecular weight is 296 g/mol. The van der Waals surface area contributed by atoms with E-state index in [1.807, 2.05) is 6.07 Å². The van der Waals surface area contributed by atoms with E-state index in [-0.39, 0.29) is 0 Å². The molecule has 2 unspecified atom stereocenters. The molecule has 4 rings (SSSR count). The van der Waals surface area contributed by atoms with Gasteiger partial charge in [-0.2, -0.15) is 5.26 Å². The molecule has 1 aromatic rings. The van der Waals surface area contributed by atoms with E-state index in [1.54, 1.807) is 12.3 Å². The van der Waals surface area contributed by atoms with Gasteiger partial charge in [0.15, 0.2) is 0 Å². The van der Waals surface area contributed by atoms with Crippen molar-refractivity contribution in [2.24, 2.45) is 5.92 Å². The zero-order valence-electron chi connectivity index (χ0n) is 12.6. The minimum absolute atomic E-state index is 0.372. The van der Waals surface area contributed by atoms with Gasteiger partial charge in [-0.1, -0.05) is 0 Å². The number of anilines is 1. The lowest BCUT2D eigenvalue weighted by atomic mass is 9.83. The number of nitrogens with zero attached hydrogens (tertiary/aromatic N) is 4. The molecule has 2 saturated heterocycles. The van der Waals surface area contributed by atoms with Crippen molar-refractivity contribution in [3.05, 3.63) is 24.0 Å². The molecule has 0 radical (unpaired) electrons. The first-order valence-corrected chi connectivity index (χ1v) is 8.18. The summed E-state index contributed by atoms with van der Waals surface area (Å²) in [4.78, 5) is 21.0. The molecule has 2 atom stereocenters. The van der Waals surface area contributed by atoms with Gasteiger partial charge in [0.1, 0.15) is 11.8 Å². The zero-order chi connectivity index (χ0) is 15.1. The molecule has 1 aromatic heterocycles. The number of nitriles is 1. The lowest BCUT2D eigenvalue weighted by Crippen LogP contribution is -2.56. The molecule has 0 bridgehead atoms. The Balaban J connectivity index is 1.49. The maximum absolute atomic E-state index is 12.2. The van der Waals surface area contributed by atoms with Gasteiger partial charge >= 0.3 is 0 Å². The number of carbonyl (C=O) groups is 1. The first-order chi connectivity index (χ1) is 10.8.